The van der Waals surface area contributed by atoms with Gasteiger partial charge in [0.2, 0.25) is 0 Å². The molecule has 0 atom stereocenters. The standard InChI is InChI=1S/C10H13N3O3S/c1-3-16-7-4-5-8(12-10(17)11-2)9(6-7)13(14)15/h4-6H,3H2,1-2H3,(H2,11,12,17). The van der Waals surface area contributed by atoms with Crippen LogP contribution in [-0.2, 0) is 0 Å². The largest absolute Gasteiger partial charge is 0.494 e. The van der Waals surface area contributed by atoms with Gasteiger partial charge >= 0.3 is 0 Å². The van der Waals surface area contributed by atoms with Crippen LogP contribution < -0.4 is 15.4 Å². The number of rotatable bonds is 4. The monoisotopic (exact) mass is 255 g/mol. The molecule has 0 heterocycles. The Hall–Kier alpha value is -1.89. The molecule has 6 nitrogen and oxygen atoms in total. The fourth-order valence-electron chi connectivity index (χ4n) is 1.21. The summed E-state index contributed by atoms with van der Waals surface area (Å²) < 4.78 is 5.20. The number of benzene rings is 1. The molecule has 1 aromatic carbocycles. The Labute approximate surface area is 104 Å². The van der Waals surface area contributed by atoms with E-state index in [2.05, 4.69) is 10.6 Å². The average molecular weight is 255 g/mol. The van der Waals surface area contributed by atoms with Crippen LogP contribution in [0.5, 0.6) is 5.75 Å². The maximum absolute atomic E-state index is 10.9. The topological polar surface area (TPSA) is 76.4 Å². The van der Waals surface area contributed by atoms with Crippen LogP contribution in [-0.4, -0.2) is 23.7 Å². The van der Waals surface area contributed by atoms with Gasteiger partial charge < -0.3 is 15.4 Å². The molecule has 0 bridgehead atoms. The van der Waals surface area contributed by atoms with E-state index in [1.165, 1.54) is 6.07 Å². The van der Waals surface area contributed by atoms with Crippen LogP contribution in [0.25, 0.3) is 0 Å². The molecule has 92 valence electrons. The molecule has 0 unspecified atom stereocenters. The minimum absolute atomic E-state index is 0.0754. The fraction of sp³-hybridized carbons (Fsp3) is 0.300. The van der Waals surface area contributed by atoms with Gasteiger partial charge in [-0.2, -0.15) is 0 Å². The van der Waals surface area contributed by atoms with Gasteiger partial charge in [-0.3, -0.25) is 10.1 Å². The number of nitro groups is 1. The quantitative estimate of drug-likeness (QED) is 0.486. The Morgan fingerprint density at radius 2 is 2.29 bits per heavy atom. The first-order valence-electron chi connectivity index (χ1n) is 4.98. The van der Waals surface area contributed by atoms with Crippen LogP contribution in [0, 0.1) is 10.1 Å². The highest BCUT2D eigenvalue weighted by Gasteiger charge is 2.15. The van der Waals surface area contributed by atoms with Crippen molar-refractivity contribution in [3.05, 3.63) is 28.3 Å². The summed E-state index contributed by atoms with van der Waals surface area (Å²) in [6.07, 6.45) is 0. The predicted molar refractivity (Wildman–Crippen MR) is 69.5 cm³/mol. The van der Waals surface area contributed by atoms with Crippen molar-refractivity contribution < 1.29 is 9.66 Å². The molecule has 0 radical (unpaired) electrons. The first-order valence-corrected chi connectivity index (χ1v) is 5.39. The van der Waals surface area contributed by atoms with E-state index in [0.29, 0.717) is 23.2 Å². The molecule has 7 heteroatoms. The molecule has 0 saturated heterocycles. The van der Waals surface area contributed by atoms with Crippen LogP contribution in [0.1, 0.15) is 6.92 Å². The van der Waals surface area contributed by atoms with E-state index in [-0.39, 0.29) is 5.69 Å². The summed E-state index contributed by atoms with van der Waals surface area (Å²) >= 11 is 4.89. The van der Waals surface area contributed by atoms with Gasteiger partial charge in [-0.25, -0.2) is 0 Å². The van der Waals surface area contributed by atoms with E-state index in [1.54, 1.807) is 19.2 Å². The molecule has 0 amide bonds. The van der Waals surface area contributed by atoms with Crippen LogP contribution in [0.2, 0.25) is 0 Å². The highest BCUT2D eigenvalue weighted by molar-refractivity contribution is 7.80. The van der Waals surface area contributed by atoms with Gasteiger partial charge in [-0.1, -0.05) is 0 Å². The third-order valence-corrected chi connectivity index (χ3v) is 2.26. The normalized spacial score (nSPS) is 9.53. The first-order chi connectivity index (χ1) is 8.08. The number of nitrogens with zero attached hydrogens (tertiary/aromatic N) is 1. The van der Waals surface area contributed by atoms with Crippen molar-refractivity contribution in [1.29, 1.82) is 0 Å². The molecule has 0 aromatic heterocycles. The number of hydrogen-bond donors (Lipinski definition) is 2. The lowest BCUT2D eigenvalue weighted by molar-refractivity contribution is -0.384. The van der Waals surface area contributed by atoms with Crippen LogP contribution in [0.3, 0.4) is 0 Å². The molecule has 17 heavy (non-hydrogen) atoms. The van der Waals surface area contributed by atoms with Crippen LogP contribution >= 0.6 is 12.2 Å². The Balaban J connectivity index is 3.04. The van der Waals surface area contributed by atoms with E-state index in [4.69, 9.17) is 17.0 Å². The molecule has 1 aromatic rings. The number of thiocarbonyl (C=S) groups is 1. The number of ether oxygens (including phenoxy) is 1. The van der Waals surface area contributed by atoms with Gasteiger partial charge in [-0.15, -0.1) is 0 Å². The summed E-state index contributed by atoms with van der Waals surface area (Å²) in [6, 6.07) is 4.58. The average Bonchev–Trinajstić information content (AvgIpc) is 2.31. The highest BCUT2D eigenvalue weighted by atomic mass is 32.1. The molecular formula is C10H13N3O3S. The molecule has 2 N–H and O–H groups in total. The summed E-state index contributed by atoms with van der Waals surface area (Å²) in [5.41, 5.74) is 0.256. The lowest BCUT2D eigenvalue weighted by Gasteiger charge is -2.09. The van der Waals surface area contributed by atoms with E-state index in [1.807, 2.05) is 6.92 Å². The maximum atomic E-state index is 10.9. The van der Waals surface area contributed by atoms with Crippen molar-refractivity contribution in [3.63, 3.8) is 0 Å². The molecule has 1 rings (SSSR count). The zero-order valence-corrected chi connectivity index (χ0v) is 10.3. The van der Waals surface area contributed by atoms with Gasteiger partial charge in [0, 0.05) is 7.05 Å². The Bertz CT molecular complexity index is 437. The first kappa shape index (κ1) is 13.2. The SMILES string of the molecule is CCOc1ccc(NC(=S)NC)c([N+](=O)[O-])c1. The molecule has 0 aliphatic rings. The van der Waals surface area contributed by atoms with Crippen molar-refractivity contribution in [1.82, 2.24) is 5.32 Å². The summed E-state index contributed by atoms with van der Waals surface area (Å²) in [5.74, 6) is 0.458. The number of anilines is 1. The molecule has 0 aliphatic carbocycles. The zero-order chi connectivity index (χ0) is 12.8. The van der Waals surface area contributed by atoms with Crippen LogP contribution in [0.15, 0.2) is 18.2 Å². The van der Waals surface area contributed by atoms with Gasteiger partial charge in [0.15, 0.2) is 5.11 Å². The summed E-state index contributed by atoms with van der Waals surface area (Å²) in [4.78, 5) is 10.4. The summed E-state index contributed by atoms with van der Waals surface area (Å²) in [7, 11) is 1.63. The number of nitro benzene ring substituents is 1. The van der Waals surface area contributed by atoms with Crippen molar-refractivity contribution in [2.45, 2.75) is 6.92 Å². The van der Waals surface area contributed by atoms with Gasteiger partial charge in [0.25, 0.3) is 5.69 Å². The van der Waals surface area contributed by atoms with Crippen molar-refractivity contribution >= 4 is 28.7 Å². The lowest BCUT2D eigenvalue weighted by atomic mass is 10.2. The number of nitrogens with one attached hydrogen (secondary N) is 2. The van der Waals surface area contributed by atoms with E-state index >= 15 is 0 Å². The maximum Gasteiger partial charge on any atom is 0.296 e. The minimum atomic E-state index is -0.483. The summed E-state index contributed by atoms with van der Waals surface area (Å²) in [6.45, 7) is 2.27. The Kier molecular flexibility index (Phi) is 4.65. The molecule has 0 fully saturated rings. The second-order valence-corrected chi connectivity index (χ2v) is 3.48. The number of hydrogen-bond acceptors (Lipinski definition) is 4. The second-order valence-electron chi connectivity index (χ2n) is 3.07. The highest BCUT2D eigenvalue weighted by Crippen LogP contribution is 2.28. The van der Waals surface area contributed by atoms with Crippen molar-refractivity contribution in [2.75, 3.05) is 19.0 Å². The van der Waals surface area contributed by atoms with E-state index < -0.39 is 4.92 Å². The smallest absolute Gasteiger partial charge is 0.296 e. The summed E-state index contributed by atoms with van der Waals surface area (Å²) in [5, 5.41) is 16.6. The van der Waals surface area contributed by atoms with E-state index in [0.717, 1.165) is 0 Å². The zero-order valence-electron chi connectivity index (χ0n) is 9.52. The third-order valence-electron chi connectivity index (χ3n) is 1.95. The molecule has 0 spiro atoms. The Morgan fingerprint density at radius 1 is 1.59 bits per heavy atom. The van der Waals surface area contributed by atoms with Crippen molar-refractivity contribution in [2.24, 2.45) is 0 Å². The van der Waals surface area contributed by atoms with Gasteiger partial charge in [-0.05, 0) is 31.3 Å². The Morgan fingerprint density at radius 3 is 2.82 bits per heavy atom. The predicted octanol–water partition coefficient (Wildman–Crippen LogP) is 1.91. The molecular weight excluding hydrogens is 242 g/mol. The van der Waals surface area contributed by atoms with E-state index in [9.17, 15) is 10.1 Å². The van der Waals surface area contributed by atoms with Crippen molar-refractivity contribution in [3.8, 4) is 5.75 Å². The molecule has 0 saturated carbocycles. The van der Waals surface area contributed by atoms with Crippen LogP contribution in [0.4, 0.5) is 11.4 Å². The fourth-order valence-corrected chi connectivity index (χ4v) is 1.32. The van der Waals surface area contributed by atoms with Gasteiger partial charge in [0.1, 0.15) is 11.4 Å². The molecule has 0 aliphatic heterocycles. The lowest BCUT2D eigenvalue weighted by Crippen LogP contribution is -2.24. The minimum Gasteiger partial charge on any atom is -0.494 e. The second kappa shape index (κ2) is 6.00. The van der Waals surface area contributed by atoms with Gasteiger partial charge in [0.05, 0.1) is 17.6 Å². The third kappa shape index (κ3) is 3.56.